The van der Waals surface area contributed by atoms with Gasteiger partial charge in [0.25, 0.3) is 0 Å². The first kappa shape index (κ1) is 22.4. The highest BCUT2D eigenvalue weighted by Gasteiger charge is 2.31. The summed E-state index contributed by atoms with van der Waals surface area (Å²) < 4.78 is 39.2. The fourth-order valence-corrected chi connectivity index (χ4v) is 4.60. The van der Waals surface area contributed by atoms with Gasteiger partial charge in [0, 0.05) is 44.1 Å². The molecule has 2 aliphatic heterocycles. The fraction of sp³-hybridized carbons (Fsp3) is 0.375. The quantitative estimate of drug-likeness (QED) is 0.622. The number of piperazine rings is 1. The maximum Gasteiger partial charge on any atom is 0.416 e. The number of nitrogens with zero attached hydrogens (tertiary/aromatic N) is 6. The van der Waals surface area contributed by atoms with E-state index in [0.717, 1.165) is 31.1 Å². The summed E-state index contributed by atoms with van der Waals surface area (Å²) in [6, 6.07) is 13.7. The van der Waals surface area contributed by atoms with Gasteiger partial charge in [-0.1, -0.05) is 24.3 Å². The molecule has 5 rings (SSSR count). The highest BCUT2D eigenvalue weighted by molar-refractivity contribution is 5.63. The van der Waals surface area contributed by atoms with Crippen molar-refractivity contribution in [2.24, 2.45) is 0 Å². The molecule has 178 valence electrons. The Kier molecular flexibility index (Phi) is 5.99. The van der Waals surface area contributed by atoms with Gasteiger partial charge >= 0.3 is 6.18 Å². The zero-order chi connectivity index (χ0) is 23.7. The second-order valence-electron chi connectivity index (χ2n) is 8.61. The van der Waals surface area contributed by atoms with Crippen LogP contribution in [-0.4, -0.2) is 52.6 Å². The van der Waals surface area contributed by atoms with Crippen molar-refractivity contribution in [1.29, 1.82) is 0 Å². The number of aromatic nitrogens is 3. The Balaban J connectivity index is 1.27. The van der Waals surface area contributed by atoms with E-state index in [-0.39, 0.29) is 5.95 Å². The Bertz CT molecular complexity index is 1160. The molecular formula is C24H26F3N7. The van der Waals surface area contributed by atoms with Crippen LogP contribution in [0.4, 0.5) is 36.4 Å². The van der Waals surface area contributed by atoms with Gasteiger partial charge in [-0.25, -0.2) is 0 Å². The lowest BCUT2D eigenvalue weighted by atomic mass is 10.0. The third-order valence-electron chi connectivity index (χ3n) is 6.31. The van der Waals surface area contributed by atoms with E-state index >= 15 is 0 Å². The molecule has 1 aromatic heterocycles. The van der Waals surface area contributed by atoms with Gasteiger partial charge in [0.2, 0.25) is 11.9 Å². The van der Waals surface area contributed by atoms with Crippen molar-refractivity contribution in [1.82, 2.24) is 19.9 Å². The van der Waals surface area contributed by atoms with E-state index in [1.54, 1.807) is 6.07 Å². The minimum atomic E-state index is -4.34. The number of benzene rings is 2. The van der Waals surface area contributed by atoms with Crippen molar-refractivity contribution >= 4 is 23.3 Å². The van der Waals surface area contributed by atoms with E-state index in [4.69, 9.17) is 10.7 Å². The number of hydrogen-bond acceptors (Lipinski definition) is 7. The molecule has 7 nitrogen and oxygen atoms in total. The number of para-hydroxylation sites is 1. The second kappa shape index (κ2) is 9.09. The Morgan fingerprint density at radius 3 is 2.47 bits per heavy atom. The lowest BCUT2D eigenvalue weighted by molar-refractivity contribution is -0.137. The summed E-state index contributed by atoms with van der Waals surface area (Å²) in [6.45, 7) is 3.93. The summed E-state index contributed by atoms with van der Waals surface area (Å²) in [6.07, 6.45) is -2.31. The third kappa shape index (κ3) is 4.77. The smallest absolute Gasteiger partial charge is 0.369 e. The maximum absolute atomic E-state index is 13.1. The first-order valence-corrected chi connectivity index (χ1v) is 11.4. The molecular weight excluding hydrogens is 443 g/mol. The predicted molar refractivity (Wildman–Crippen MR) is 125 cm³/mol. The predicted octanol–water partition coefficient (Wildman–Crippen LogP) is 3.88. The van der Waals surface area contributed by atoms with Gasteiger partial charge in [-0.05, 0) is 42.7 Å². The maximum atomic E-state index is 13.1. The average Bonchev–Trinajstić information content (AvgIpc) is 2.83. The number of nitrogens with two attached hydrogens (primary N) is 1. The van der Waals surface area contributed by atoms with Crippen molar-refractivity contribution < 1.29 is 13.2 Å². The molecule has 0 amide bonds. The summed E-state index contributed by atoms with van der Waals surface area (Å²) in [5.74, 6) is 1.33. The summed E-state index contributed by atoms with van der Waals surface area (Å²) in [5, 5.41) is 0. The molecule has 2 N–H and O–H groups in total. The molecule has 34 heavy (non-hydrogen) atoms. The molecule has 0 unspecified atom stereocenters. The van der Waals surface area contributed by atoms with E-state index < -0.39 is 11.7 Å². The zero-order valence-electron chi connectivity index (χ0n) is 18.7. The normalized spacial score (nSPS) is 17.0. The summed E-state index contributed by atoms with van der Waals surface area (Å²) >= 11 is 0. The lowest BCUT2D eigenvalue weighted by Gasteiger charge is -2.36. The third-order valence-corrected chi connectivity index (χ3v) is 6.31. The molecule has 0 spiro atoms. The molecule has 2 aromatic carbocycles. The largest absolute Gasteiger partial charge is 0.416 e. The van der Waals surface area contributed by atoms with Crippen LogP contribution in [-0.2, 0) is 19.1 Å². The SMILES string of the molecule is Nc1nc(CN2CCN(c3cccc(C(F)(F)F)c3)CC2)nc(N2CCCc3ccccc32)n1. The molecule has 3 heterocycles. The van der Waals surface area contributed by atoms with Crippen LogP contribution in [0.15, 0.2) is 48.5 Å². The van der Waals surface area contributed by atoms with Gasteiger partial charge in [0.15, 0.2) is 0 Å². The van der Waals surface area contributed by atoms with E-state index in [1.807, 2.05) is 17.0 Å². The molecule has 0 aliphatic carbocycles. The minimum absolute atomic E-state index is 0.186. The Hall–Kier alpha value is -3.40. The number of anilines is 4. The summed E-state index contributed by atoms with van der Waals surface area (Å²) in [4.78, 5) is 19.7. The van der Waals surface area contributed by atoms with E-state index in [9.17, 15) is 13.2 Å². The standard InChI is InChI=1S/C24H26F3N7/c25-24(26,27)18-7-3-8-19(15-18)33-13-11-32(12-14-33)16-21-29-22(28)31-23(30-21)34-10-4-6-17-5-1-2-9-20(17)34/h1-3,5,7-9,15H,4,6,10-14,16H2,(H2,28,29,30,31). The first-order chi connectivity index (χ1) is 16.4. The van der Waals surface area contributed by atoms with Crippen molar-refractivity contribution in [2.45, 2.75) is 25.6 Å². The van der Waals surface area contributed by atoms with Crippen molar-refractivity contribution in [2.75, 3.05) is 48.3 Å². The average molecular weight is 470 g/mol. The van der Waals surface area contributed by atoms with Gasteiger partial charge in [-0.15, -0.1) is 0 Å². The van der Waals surface area contributed by atoms with Crippen molar-refractivity contribution in [3.63, 3.8) is 0 Å². The number of nitrogen functional groups attached to an aromatic ring is 1. The Morgan fingerprint density at radius 2 is 1.68 bits per heavy atom. The van der Waals surface area contributed by atoms with Gasteiger partial charge in [0.05, 0.1) is 12.1 Å². The van der Waals surface area contributed by atoms with Crippen LogP contribution in [0.1, 0.15) is 23.4 Å². The molecule has 10 heteroatoms. The van der Waals surface area contributed by atoms with E-state index in [0.29, 0.717) is 50.2 Å². The highest BCUT2D eigenvalue weighted by atomic mass is 19.4. The van der Waals surface area contributed by atoms with Crippen LogP contribution >= 0.6 is 0 Å². The van der Waals surface area contributed by atoms with Gasteiger partial charge in [0.1, 0.15) is 5.82 Å². The van der Waals surface area contributed by atoms with Crippen LogP contribution in [0.5, 0.6) is 0 Å². The molecule has 1 fully saturated rings. The van der Waals surface area contributed by atoms with Gasteiger partial charge in [-0.2, -0.15) is 28.1 Å². The molecule has 0 saturated carbocycles. The molecule has 0 radical (unpaired) electrons. The Morgan fingerprint density at radius 1 is 0.882 bits per heavy atom. The lowest BCUT2D eigenvalue weighted by Crippen LogP contribution is -2.46. The molecule has 3 aromatic rings. The Labute approximate surface area is 196 Å². The zero-order valence-corrected chi connectivity index (χ0v) is 18.7. The fourth-order valence-electron chi connectivity index (χ4n) is 4.60. The van der Waals surface area contributed by atoms with Gasteiger partial charge < -0.3 is 15.5 Å². The molecule has 2 aliphatic rings. The topological polar surface area (TPSA) is 74.4 Å². The molecule has 0 bridgehead atoms. The van der Waals surface area contributed by atoms with Crippen LogP contribution in [0.3, 0.4) is 0 Å². The number of rotatable bonds is 4. The van der Waals surface area contributed by atoms with Crippen molar-refractivity contribution in [3.05, 3.63) is 65.5 Å². The van der Waals surface area contributed by atoms with Crippen molar-refractivity contribution in [3.8, 4) is 0 Å². The number of fused-ring (bicyclic) bond motifs is 1. The number of hydrogen-bond donors (Lipinski definition) is 1. The second-order valence-corrected chi connectivity index (χ2v) is 8.61. The van der Waals surface area contributed by atoms with Crippen LogP contribution in [0.25, 0.3) is 0 Å². The minimum Gasteiger partial charge on any atom is -0.369 e. The number of aryl methyl sites for hydroxylation is 1. The molecule has 0 atom stereocenters. The van der Waals surface area contributed by atoms with Crippen LogP contribution in [0.2, 0.25) is 0 Å². The van der Waals surface area contributed by atoms with E-state index in [2.05, 4.69) is 31.9 Å². The van der Waals surface area contributed by atoms with Crippen LogP contribution in [0, 0.1) is 0 Å². The summed E-state index contributed by atoms with van der Waals surface area (Å²) in [5.41, 5.74) is 8.35. The van der Waals surface area contributed by atoms with Crippen LogP contribution < -0.4 is 15.5 Å². The van der Waals surface area contributed by atoms with Gasteiger partial charge in [-0.3, -0.25) is 4.90 Å². The summed E-state index contributed by atoms with van der Waals surface area (Å²) in [7, 11) is 0. The van der Waals surface area contributed by atoms with E-state index in [1.165, 1.54) is 17.7 Å². The number of halogens is 3. The first-order valence-electron chi connectivity index (χ1n) is 11.4. The highest BCUT2D eigenvalue weighted by Crippen LogP contribution is 2.33. The number of alkyl halides is 3. The monoisotopic (exact) mass is 469 g/mol. The molecule has 1 saturated heterocycles.